The number of fused-ring (bicyclic) bond motifs is 2. The van der Waals surface area contributed by atoms with Crippen LogP contribution in [0.3, 0.4) is 0 Å². The minimum atomic E-state index is 0.187. The lowest BCUT2D eigenvalue weighted by molar-refractivity contribution is 0.523. The molecule has 0 fully saturated rings. The summed E-state index contributed by atoms with van der Waals surface area (Å²) in [5.74, 6) is 1.10. The Bertz CT molecular complexity index is 980. The van der Waals surface area contributed by atoms with Crippen LogP contribution in [-0.4, -0.2) is 14.5 Å². The fraction of sp³-hybridized carbons (Fsp3) is 0.250. The van der Waals surface area contributed by atoms with E-state index in [1.54, 1.807) is 0 Å². The van der Waals surface area contributed by atoms with Crippen molar-refractivity contribution >= 4 is 21.9 Å². The van der Waals surface area contributed by atoms with E-state index in [4.69, 9.17) is 4.98 Å². The molecular formula is C20H22N4. The maximum absolute atomic E-state index is 4.84. The summed E-state index contributed by atoms with van der Waals surface area (Å²) in [7, 11) is 0. The van der Waals surface area contributed by atoms with Gasteiger partial charge in [-0.3, -0.25) is 0 Å². The Hall–Kier alpha value is -2.59. The number of benzene rings is 2. The second-order valence-corrected chi connectivity index (χ2v) is 6.16. The first-order chi connectivity index (χ1) is 11.8. The van der Waals surface area contributed by atoms with Crippen molar-refractivity contribution in [3.63, 3.8) is 0 Å². The average Bonchev–Trinajstić information content (AvgIpc) is 3.23. The summed E-state index contributed by atoms with van der Waals surface area (Å²) in [6.07, 6.45) is 1.99. The quantitative estimate of drug-likeness (QED) is 0.573. The van der Waals surface area contributed by atoms with Crippen LogP contribution in [0.5, 0.6) is 0 Å². The molecule has 0 bridgehead atoms. The molecule has 4 aromatic rings. The second kappa shape index (κ2) is 6.13. The van der Waals surface area contributed by atoms with Gasteiger partial charge in [-0.1, -0.05) is 24.3 Å². The zero-order valence-corrected chi connectivity index (χ0v) is 14.1. The van der Waals surface area contributed by atoms with Crippen LogP contribution in [0, 0.1) is 0 Å². The highest BCUT2D eigenvalue weighted by molar-refractivity contribution is 5.82. The third-order valence-corrected chi connectivity index (χ3v) is 4.67. The van der Waals surface area contributed by atoms with Crippen LogP contribution < -0.4 is 5.32 Å². The van der Waals surface area contributed by atoms with E-state index in [0.29, 0.717) is 0 Å². The van der Waals surface area contributed by atoms with E-state index < -0.39 is 0 Å². The molecule has 0 aliphatic carbocycles. The summed E-state index contributed by atoms with van der Waals surface area (Å²) in [4.78, 5) is 8.11. The van der Waals surface area contributed by atoms with Gasteiger partial charge in [0.2, 0.25) is 0 Å². The first-order valence-electron chi connectivity index (χ1n) is 8.51. The van der Waals surface area contributed by atoms with E-state index in [9.17, 15) is 0 Å². The van der Waals surface area contributed by atoms with Crippen LogP contribution >= 0.6 is 0 Å². The smallest absolute Gasteiger partial charge is 0.126 e. The van der Waals surface area contributed by atoms with E-state index in [2.05, 4.69) is 71.2 Å². The summed E-state index contributed by atoms with van der Waals surface area (Å²) in [5, 5.41) is 4.91. The number of hydrogen-bond acceptors (Lipinski definition) is 2. The Kier molecular flexibility index (Phi) is 3.82. The second-order valence-electron chi connectivity index (χ2n) is 6.16. The highest BCUT2D eigenvalue weighted by Gasteiger charge is 2.15. The van der Waals surface area contributed by atoms with E-state index in [0.717, 1.165) is 24.4 Å². The number of nitrogens with zero attached hydrogens (tertiary/aromatic N) is 2. The number of rotatable bonds is 5. The van der Waals surface area contributed by atoms with Crippen molar-refractivity contribution in [3.8, 4) is 0 Å². The van der Waals surface area contributed by atoms with Crippen LogP contribution in [0.2, 0.25) is 0 Å². The van der Waals surface area contributed by atoms with Gasteiger partial charge in [-0.05, 0) is 43.7 Å². The molecule has 0 saturated carbocycles. The fourth-order valence-electron chi connectivity index (χ4n) is 3.42. The largest absolute Gasteiger partial charge is 0.361 e. The van der Waals surface area contributed by atoms with Crippen LogP contribution in [0.25, 0.3) is 21.9 Å². The van der Waals surface area contributed by atoms with Gasteiger partial charge in [0, 0.05) is 30.2 Å². The van der Waals surface area contributed by atoms with Gasteiger partial charge in [0.1, 0.15) is 5.82 Å². The average molecular weight is 318 g/mol. The van der Waals surface area contributed by atoms with Crippen LogP contribution in [0.4, 0.5) is 0 Å². The topological polar surface area (TPSA) is 45.6 Å². The number of nitrogens with one attached hydrogen (secondary N) is 2. The van der Waals surface area contributed by atoms with Crippen LogP contribution in [0.1, 0.15) is 31.3 Å². The maximum Gasteiger partial charge on any atom is 0.126 e. The minimum absolute atomic E-state index is 0.187. The minimum Gasteiger partial charge on any atom is -0.361 e. The molecule has 2 heterocycles. The molecule has 24 heavy (non-hydrogen) atoms. The van der Waals surface area contributed by atoms with Crippen LogP contribution in [-0.2, 0) is 13.1 Å². The lowest BCUT2D eigenvalue weighted by atomic mass is 10.1. The molecule has 0 aliphatic heterocycles. The standard InChI is InChI=1S/C20H22N4/c1-3-24-19-10-5-4-8-18(19)23-20(24)14(2)22-13-15-7-6-9-17-16(15)11-12-21-17/h4-12,14,21-22H,3,13H2,1-2H3. The summed E-state index contributed by atoms with van der Waals surface area (Å²) in [6, 6.07) is 17.1. The molecular weight excluding hydrogens is 296 g/mol. The molecule has 2 aromatic carbocycles. The monoisotopic (exact) mass is 318 g/mol. The Morgan fingerprint density at radius 1 is 1.12 bits per heavy atom. The summed E-state index contributed by atoms with van der Waals surface area (Å²) in [6.45, 7) is 6.11. The Morgan fingerprint density at radius 3 is 2.88 bits per heavy atom. The van der Waals surface area contributed by atoms with Gasteiger partial charge in [0.15, 0.2) is 0 Å². The molecule has 4 heteroatoms. The first-order valence-corrected chi connectivity index (χ1v) is 8.51. The molecule has 0 spiro atoms. The lowest BCUT2D eigenvalue weighted by Crippen LogP contribution is -2.21. The molecule has 4 rings (SSSR count). The number of H-pyrrole nitrogens is 1. The van der Waals surface area contributed by atoms with Crippen molar-refractivity contribution in [2.45, 2.75) is 33.0 Å². The highest BCUT2D eigenvalue weighted by atomic mass is 15.1. The van der Waals surface area contributed by atoms with Gasteiger partial charge < -0.3 is 14.9 Å². The number of aryl methyl sites for hydroxylation is 1. The van der Waals surface area contributed by atoms with Crippen molar-refractivity contribution in [3.05, 3.63) is 66.1 Å². The van der Waals surface area contributed by atoms with Crippen molar-refractivity contribution in [1.82, 2.24) is 19.9 Å². The Morgan fingerprint density at radius 2 is 2.00 bits per heavy atom. The van der Waals surface area contributed by atoms with Crippen molar-refractivity contribution in [2.75, 3.05) is 0 Å². The van der Waals surface area contributed by atoms with Gasteiger partial charge in [-0.15, -0.1) is 0 Å². The van der Waals surface area contributed by atoms with Gasteiger partial charge in [0.05, 0.1) is 17.1 Å². The van der Waals surface area contributed by atoms with Gasteiger partial charge in [-0.2, -0.15) is 0 Å². The number of para-hydroxylation sites is 2. The van der Waals surface area contributed by atoms with E-state index in [1.165, 1.54) is 22.0 Å². The predicted molar refractivity (Wildman–Crippen MR) is 99.0 cm³/mol. The van der Waals surface area contributed by atoms with Crippen molar-refractivity contribution in [2.24, 2.45) is 0 Å². The molecule has 0 amide bonds. The molecule has 0 aliphatic rings. The maximum atomic E-state index is 4.84. The number of hydrogen-bond donors (Lipinski definition) is 2. The van der Waals surface area contributed by atoms with E-state index in [1.807, 2.05) is 12.3 Å². The first kappa shape index (κ1) is 15.0. The third kappa shape index (κ3) is 2.49. The molecule has 1 unspecified atom stereocenters. The lowest BCUT2D eigenvalue weighted by Gasteiger charge is -2.16. The normalized spacial score (nSPS) is 12.9. The van der Waals surface area contributed by atoms with Crippen LogP contribution in [0.15, 0.2) is 54.7 Å². The summed E-state index contributed by atoms with van der Waals surface area (Å²) < 4.78 is 2.30. The zero-order valence-electron chi connectivity index (χ0n) is 14.1. The SMILES string of the molecule is CCn1c(C(C)NCc2cccc3[nH]ccc23)nc2ccccc21. The van der Waals surface area contributed by atoms with E-state index >= 15 is 0 Å². The molecule has 0 radical (unpaired) electrons. The number of aromatic nitrogens is 3. The summed E-state index contributed by atoms with van der Waals surface area (Å²) in [5.41, 5.74) is 4.76. The fourth-order valence-corrected chi connectivity index (χ4v) is 3.42. The van der Waals surface area contributed by atoms with Crippen molar-refractivity contribution in [1.29, 1.82) is 0 Å². The molecule has 2 N–H and O–H groups in total. The molecule has 1 atom stereocenters. The Balaban J connectivity index is 1.60. The van der Waals surface area contributed by atoms with Gasteiger partial charge in [-0.25, -0.2) is 4.98 Å². The Labute approximate surface area is 141 Å². The van der Waals surface area contributed by atoms with Gasteiger partial charge in [0.25, 0.3) is 0 Å². The number of imidazole rings is 1. The van der Waals surface area contributed by atoms with Gasteiger partial charge >= 0.3 is 0 Å². The zero-order chi connectivity index (χ0) is 16.5. The molecule has 0 saturated heterocycles. The van der Waals surface area contributed by atoms with Crippen molar-refractivity contribution < 1.29 is 0 Å². The number of aromatic amines is 1. The summed E-state index contributed by atoms with van der Waals surface area (Å²) >= 11 is 0. The molecule has 2 aromatic heterocycles. The predicted octanol–water partition coefficient (Wildman–Crippen LogP) is 4.39. The molecule has 4 nitrogen and oxygen atoms in total. The molecule has 122 valence electrons. The third-order valence-electron chi connectivity index (χ3n) is 4.67. The highest BCUT2D eigenvalue weighted by Crippen LogP contribution is 2.22. The van der Waals surface area contributed by atoms with E-state index in [-0.39, 0.29) is 6.04 Å².